The molecule has 0 aliphatic carbocycles. The first-order valence-electron chi connectivity index (χ1n) is 9.63. The van der Waals surface area contributed by atoms with Crippen molar-refractivity contribution >= 4 is 11.8 Å². The quantitative estimate of drug-likeness (QED) is 0.805. The highest BCUT2D eigenvalue weighted by molar-refractivity contribution is 5.69. The summed E-state index contributed by atoms with van der Waals surface area (Å²) >= 11 is 0. The van der Waals surface area contributed by atoms with Gasteiger partial charge in [-0.3, -0.25) is 4.98 Å². The lowest BCUT2D eigenvalue weighted by molar-refractivity contribution is 0.0282. The number of nitrogens with zero attached hydrogens (tertiary/aromatic N) is 3. The van der Waals surface area contributed by atoms with E-state index in [-0.39, 0.29) is 6.09 Å². The molecular weight excluding hydrogens is 338 g/mol. The van der Waals surface area contributed by atoms with Crippen molar-refractivity contribution in [2.24, 2.45) is 11.8 Å². The molecule has 142 valence electrons. The van der Waals surface area contributed by atoms with E-state index in [4.69, 9.17) is 4.74 Å². The Morgan fingerprint density at radius 3 is 2.22 bits per heavy atom. The third-order valence-electron chi connectivity index (χ3n) is 5.32. The minimum atomic E-state index is -0.438. The minimum absolute atomic E-state index is 0.183. The molecule has 2 atom stereocenters. The second kappa shape index (κ2) is 6.87. The van der Waals surface area contributed by atoms with Crippen molar-refractivity contribution in [1.82, 2.24) is 9.88 Å². The van der Waals surface area contributed by atoms with Crippen LogP contribution in [0.15, 0.2) is 48.7 Å². The highest BCUT2D eigenvalue weighted by Crippen LogP contribution is 2.34. The molecular formula is C22H27N3O2. The first kappa shape index (κ1) is 17.8. The van der Waals surface area contributed by atoms with Gasteiger partial charge in [0.1, 0.15) is 5.60 Å². The second-order valence-corrected chi connectivity index (χ2v) is 8.58. The summed E-state index contributed by atoms with van der Waals surface area (Å²) in [6, 6.07) is 14.5. The van der Waals surface area contributed by atoms with E-state index in [9.17, 15) is 4.79 Å². The molecule has 5 heteroatoms. The summed E-state index contributed by atoms with van der Waals surface area (Å²) in [4.78, 5) is 21.2. The van der Waals surface area contributed by atoms with E-state index in [0.29, 0.717) is 11.8 Å². The molecule has 5 nitrogen and oxygen atoms in total. The molecule has 2 aromatic rings. The third kappa shape index (κ3) is 3.92. The highest BCUT2D eigenvalue weighted by Gasteiger charge is 2.42. The lowest BCUT2D eigenvalue weighted by Crippen LogP contribution is -2.37. The number of rotatable bonds is 2. The van der Waals surface area contributed by atoms with Gasteiger partial charge in [0, 0.05) is 43.6 Å². The van der Waals surface area contributed by atoms with Crippen molar-refractivity contribution in [1.29, 1.82) is 0 Å². The van der Waals surface area contributed by atoms with Crippen molar-refractivity contribution in [3.05, 3.63) is 48.7 Å². The largest absolute Gasteiger partial charge is 0.444 e. The number of anilines is 1. The van der Waals surface area contributed by atoms with Crippen molar-refractivity contribution < 1.29 is 9.53 Å². The van der Waals surface area contributed by atoms with Gasteiger partial charge in [-0.2, -0.15) is 0 Å². The standard InChI is InChI=1S/C22H27N3O2/c1-22(2,3)27-21(26)25-14-17-12-24(13-18(17)15-25)19-9-10-20(23-11-19)16-7-5-4-6-8-16/h4-11,17-18H,12-15H2,1-3H3/t17-,18+. The maximum Gasteiger partial charge on any atom is 0.410 e. The Morgan fingerprint density at radius 2 is 1.67 bits per heavy atom. The van der Waals surface area contributed by atoms with Gasteiger partial charge in [-0.25, -0.2) is 4.79 Å². The van der Waals surface area contributed by atoms with Crippen molar-refractivity contribution in [2.45, 2.75) is 26.4 Å². The maximum atomic E-state index is 12.3. The number of amides is 1. The van der Waals surface area contributed by atoms with Gasteiger partial charge in [0.2, 0.25) is 0 Å². The van der Waals surface area contributed by atoms with Crippen LogP contribution < -0.4 is 4.90 Å². The molecule has 3 heterocycles. The van der Waals surface area contributed by atoms with Gasteiger partial charge in [0.15, 0.2) is 0 Å². The number of likely N-dealkylation sites (tertiary alicyclic amines) is 1. The predicted molar refractivity (Wildman–Crippen MR) is 107 cm³/mol. The van der Waals surface area contributed by atoms with Crippen LogP contribution in [0.4, 0.5) is 10.5 Å². The normalized spacial score (nSPS) is 22.0. The Hall–Kier alpha value is -2.56. The number of ether oxygens (including phenoxy) is 1. The molecule has 1 aromatic carbocycles. The van der Waals surface area contributed by atoms with Crippen LogP contribution in [-0.2, 0) is 4.74 Å². The Bertz CT molecular complexity index is 785. The average molecular weight is 365 g/mol. The number of fused-ring (bicyclic) bond motifs is 1. The van der Waals surface area contributed by atoms with Crippen molar-refractivity contribution in [3.8, 4) is 11.3 Å². The average Bonchev–Trinajstić information content (AvgIpc) is 3.20. The summed E-state index contributed by atoms with van der Waals surface area (Å²) in [5.41, 5.74) is 2.85. The number of aromatic nitrogens is 1. The molecule has 0 N–H and O–H groups in total. The number of pyridine rings is 1. The van der Waals surface area contributed by atoms with Crippen LogP contribution in [0.5, 0.6) is 0 Å². The first-order chi connectivity index (χ1) is 12.9. The van der Waals surface area contributed by atoms with E-state index in [1.165, 1.54) is 0 Å². The Labute approximate surface area is 161 Å². The number of carbonyl (C=O) groups is 1. The fourth-order valence-electron chi connectivity index (χ4n) is 4.03. The summed E-state index contributed by atoms with van der Waals surface area (Å²) < 4.78 is 5.52. The smallest absolute Gasteiger partial charge is 0.410 e. The van der Waals surface area contributed by atoms with E-state index >= 15 is 0 Å². The molecule has 0 saturated carbocycles. The lowest BCUT2D eigenvalue weighted by Gasteiger charge is -2.26. The molecule has 2 aliphatic heterocycles. The van der Waals surface area contributed by atoms with Crippen LogP contribution >= 0.6 is 0 Å². The molecule has 1 aromatic heterocycles. The molecule has 0 radical (unpaired) electrons. The lowest BCUT2D eigenvalue weighted by atomic mass is 10.0. The van der Waals surface area contributed by atoms with Crippen molar-refractivity contribution in [3.63, 3.8) is 0 Å². The summed E-state index contributed by atoms with van der Waals surface area (Å²) in [6.45, 7) is 9.24. The van der Waals surface area contributed by atoms with Gasteiger partial charge < -0.3 is 14.5 Å². The molecule has 2 fully saturated rings. The second-order valence-electron chi connectivity index (χ2n) is 8.58. The summed E-state index contributed by atoms with van der Waals surface area (Å²) in [6.07, 6.45) is 1.78. The van der Waals surface area contributed by atoms with Gasteiger partial charge in [-0.1, -0.05) is 30.3 Å². The van der Waals surface area contributed by atoms with Gasteiger partial charge in [0.25, 0.3) is 0 Å². The number of benzene rings is 1. The van der Waals surface area contributed by atoms with Crippen LogP contribution in [0.1, 0.15) is 20.8 Å². The van der Waals surface area contributed by atoms with Crippen LogP contribution in [0.3, 0.4) is 0 Å². The van der Waals surface area contributed by atoms with Crippen LogP contribution in [0.2, 0.25) is 0 Å². The van der Waals surface area contributed by atoms with Crippen molar-refractivity contribution in [2.75, 3.05) is 31.1 Å². The van der Waals surface area contributed by atoms with E-state index in [0.717, 1.165) is 43.1 Å². The number of carbonyl (C=O) groups excluding carboxylic acids is 1. The predicted octanol–water partition coefficient (Wildman–Crippen LogP) is 4.05. The topological polar surface area (TPSA) is 45.7 Å². The van der Waals surface area contributed by atoms with Crippen LogP contribution in [0.25, 0.3) is 11.3 Å². The van der Waals surface area contributed by atoms with Crippen LogP contribution in [-0.4, -0.2) is 47.8 Å². The molecule has 1 amide bonds. The van der Waals surface area contributed by atoms with Crippen LogP contribution in [0, 0.1) is 11.8 Å². The highest BCUT2D eigenvalue weighted by atomic mass is 16.6. The number of hydrogen-bond donors (Lipinski definition) is 0. The summed E-state index contributed by atoms with van der Waals surface area (Å²) in [5.74, 6) is 1.01. The zero-order chi connectivity index (χ0) is 19.0. The molecule has 27 heavy (non-hydrogen) atoms. The zero-order valence-electron chi connectivity index (χ0n) is 16.3. The fraction of sp³-hybridized carbons (Fsp3) is 0.455. The van der Waals surface area contributed by atoms with Gasteiger partial charge >= 0.3 is 6.09 Å². The maximum absolute atomic E-state index is 12.3. The third-order valence-corrected chi connectivity index (χ3v) is 5.32. The monoisotopic (exact) mass is 365 g/mol. The molecule has 0 bridgehead atoms. The minimum Gasteiger partial charge on any atom is -0.444 e. The Morgan fingerprint density at radius 1 is 1.00 bits per heavy atom. The fourth-order valence-corrected chi connectivity index (χ4v) is 4.03. The SMILES string of the molecule is CC(C)(C)OC(=O)N1C[C@@H]2CN(c3ccc(-c4ccccc4)nc3)C[C@@H]2C1. The number of hydrogen-bond acceptors (Lipinski definition) is 4. The Balaban J connectivity index is 1.37. The van der Waals surface area contributed by atoms with E-state index in [2.05, 4.69) is 34.1 Å². The molecule has 4 rings (SSSR count). The molecule has 2 aliphatic rings. The van der Waals surface area contributed by atoms with Gasteiger partial charge in [0.05, 0.1) is 17.6 Å². The summed E-state index contributed by atoms with van der Waals surface area (Å²) in [7, 11) is 0. The van der Waals surface area contributed by atoms with Gasteiger partial charge in [-0.15, -0.1) is 0 Å². The molecule has 0 unspecified atom stereocenters. The summed E-state index contributed by atoms with van der Waals surface area (Å²) in [5, 5.41) is 0. The molecule has 0 spiro atoms. The van der Waals surface area contributed by atoms with E-state index < -0.39 is 5.60 Å². The van der Waals surface area contributed by atoms with E-state index in [1.54, 1.807) is 0 Å². The zero-order valence-corrected chi connectivity index (χ0v) is 16.3. The van der Waals surface area contributed by atoms with Gasteiger partial charge in [-0.05, 0) is 32.9 Å². The Kier molecular flexibility index (Phi) is 4.54. The first-order valence-corrected chi connectivity index (χ1v) is 9.63. The van der Waals surface area contributed by atoms with E-state index in [1.807, 2.05) is 50.1 Å². The molecule has 2 saturated heterocycles.